The van der Waals surface area contributed by atoms with Crippen LogP contribution in [0.15, 0.2) is 65.3 Å². The Kier molecular flexibility index (Phi) is 6.86. The molecule has 8 heteroatoms. The summed E-state index contributed by atoms with van der Waals surface area (Å²) in [6.45, 7) is 2.18. The maximum Gasteiger partial charge on any atom is 0.340 e. The van der Waals surface area contributed by atoms with Crippen molar-refractivity contribution in [2.24, 2.45) is 5.73 Å². The first-order chi connectivity index (χ1) is 16.4. The van der Waals surface area contributed by atoms with Crippen LogP contribution in [0.25, 0.3) is 0 Å². The van der Waals surface area contributed by atoms with Crippen LogP contribution in [-0.4, -0.2) is 25.5 Å². The van der Waals surface area contributed by atoms with Gasteiger partial charge in [0, 0.05) is 24.0 Å². The van der Waals surface area contributed by atoms with Gasteiger partial charge in [-0.3, -0.25) is 4.79 Å². The van der Waals surface area contributed by atoms with Crippen molar-refractivity contribution in [3.8, 4) is 11.5 Å². The summed E-state index contributed by atoms with van der Waals surface area (Å²) >= 11 is 0. The van der Waals surface area contributed by atoms with Gasteiger partial charge >= 0.3 is 5.97 Å². The summed E-state index contributed by atoms with van der Waals surface area (Å²) in [5, 5.41) is 0. The number of halogens is 1. The van der Waals surface area contributed by atoms with Crippen molar-refractivity contribution in [1.82, 2.24) is 0 Å². The minimum absolute atomic E-state index is 0.0113. The van der Waals surface area contributed by atoms with Crippen molar-refractivity contribution in [1.29, 1.82) is 0 Å². The van der Waals surface area contributed by atoms with Crippen LogP contribution in [0.2, 0.25) is 0 Å². The van der Waals surface area contributed by atoms with Crippen LogP contribution in [0, 0.1) is 5.82 Å². The van der Waals surface area contributed by atoms with Crippen LogP contribution in [0.3, 0.4) is 0 Å². The number of ketones is 1. The normalized spacial score (nSPS) is 17.7. The summed E-state index contributed by atoms with van der Waals surface area (Å²) < 4.78 is 36.3. The van der Waals surface area contributed by atoms with Gasteiger partial charge in [0.2, 0.25) is 5.88 Å². The second kappa shape index (κ2) is 9.99. The highest BCUT2D eigenvalue weighted by atomic mass is 19.1. The van der Waals surface area contributed by atoms with Crippen LogP contribution in [0.1, 0.15) is 43.2 Å². The van der Waals surface area contributed by atoms with E-state index in [1.165, 1.54) is 13.2 Å². The van der Waals surface area contributed by atoms with E-state index in [0.717, 1.165) is 0 Å². The van der Waals surface area contributed by atoms with Gasteiger partial charge in [-0.1, -0.05) is 24.3 Å². The second-order valence-corrected chi connectivity index (χ2v) is 7.94. The second-order valence-electron chi connectivity index (χ2n) is 7.94. The van der Waals surface area contributed by atoms with E-state index in [0.29, 0.717) is 59.8 Å². The first-order valence-electron chi connectivity index (χ1n) is 11.1. The third-order valence-electron chi connectivity index (χ3n) is 5.83. The third kappa shape index (κ3) is 4.48. The average molecular weight is 467 g/mol. The Balaban J connectivity index is 1.74. The molecule has 1 aliphatic heterocycles. The molecule has 0 aromatic heterocycles. The van der Waals surface area contributed by atoms with E-state index in [1.54, 1.807) is 36.4 Å². The molecule has 0 fully saturated rings. The van der Waals surface area contributed by atoms with E-state index in [1.807, 2.05) is 6.92 Å². The zero-order valence-corrected chi connectivity index (χ0v) is 19.1. The van der Waals surface area contributed by atoms with Gasteiger partial charge in [-0.05, 0) is 37.1 Å². The number of ether oxygens (including phenoxy) is 4. The maximum absolute atomic E-state index is 14.0. The largest absolute Gasteiger partial charge is 0.490 e. The zero-order chi connectivity index (χ0) is 24.2. The van der Waals surface area contributed by atoms with Crippen molar-refractivity contribution >= 4 is 11.8 Å². The van der Waals surface area contributed by atoms with Gasteiger partial charge in [-0.2, -0.15) is 0 Å². The van der Waals surface area contributed by atoms with Crippen LogP contribution < -0.4 is 15.2 Å². The molecule has 4 rings (SSSR count). The lowest BCUT2D eigenvalue weighted by Gasteiger charge is -2.32. The number of carbonyl (C=O) groups excluding carboxylic acids is 2. The van der Waals surface area contributed by atoms with Gasteiger partial charge in [-0.25, -0.2) is 9.18 Å². The van der Waals surface area contributed by atoms with Crippen molar-refractivity contribution in [2.75, 3.05) is 13.7 Å². The molecular formula is C26H26FNO6. The number of benzene rings is 2. The molecule has 2 aliphatic rings. The predicted octanol–water partition coefficient (Wildman–Crippen LogP) is 4.27. The maximum atomic E-state index is 14.0. The number of allylic oxidation sites excluding steroid dienone is 2. The van der Waals surface area contributed by atoms with Crippen molar-refractivity contribution in [3.63, 3.8) is 0 Å². The Bertz CT molecular complexity index is 1190. The average Bonchev–Trinajstić information content (AvgIpc) is 2.83. The van der Waals surface area contributed by atoms with Crippen molar-refractivity contribution in [2.45, 2.75) is 38.7 Å². The number of methoxy groups -OCH3 is 1. The molecule has 34 heavy (non-hydrogen) atoms. The van der Waals surface area contributed by atoms with E-state index < -0.39 is 11.9 Å². The smallest absolute Gasteiger partial charge is 0.340 e. The number of carbonyl (C=O) groups is 2. The lowest BCUT2D eigenvalue weighted by molar-refractivity contribution is -0.136. The van der Waals surface area contributed by atoms with Gasteiger partial charge in [0.15, 0.2) is 17.3 Å². The van der Waals surface area contributed by atoms with Crippen LogP contribution in [0.4, 0.5) is 4.39 Å². The Labute approximate surface area is 196 Å². The van der Waals surface area contributed by atoms with E-state index >= 15 is 0 Å². The van der Waals surface area contributed by atoms with Crippen LogP contribution >= 0.6 is 0 Å². The SMILES string of the molecule is CCOc1cc([C@@H]2C(C(=O)OC)=C(N)OC3=C2C(=O)CCC3)ccc1OCc1ccccc1F. The third-order valence-corrected chi connectivity index (χ3v) is 5.83. The lowest BCUT2D eigenvalue weighted by atomic mass is 9.77. The number of esters is 1. The van der Waals surface area contributed by atoms with Crippen molar-refractivity contribution in [3.05, 3.63) is 82.2 Å². The van der Waals surface area contributed by atoms with E-state index in [9.17, 15) is 14.0 Å². The first kappa shape index (κ1) is 23.4. The molecular weight excluding hydrogens is 441 g/mol. The summed E-state index contributed by atoms with van der Waals surface area (Å²) in [6.07, 6.45) is 1.56. The minimum atomic E-state index is -0.760. The van der Waals surface area contributed by atoms with Crippen LogP contribution in [0.5, 0.6) is 11.5 Å². The number of Topliss-reactive ketones (excluding diaryl/α,β-unsaturated/α-hetero) is 1. The molecule has 0 radical (unpaired) electrons. The zero-order valence-electron chi connectivity index (χ0n) is 19.1. The summed E-state index contributed by atoms with van der Waals surface area (Å²) in [4.78, 5) is 25.5. The quantitative estimate of drug-likeness (QED) is 0.608. The summed E-state index contributed by atoms with van der Waals surface area (Å²) in [7, 11) is 1.25. The summed E-state index contributed by atoms with van der Waals surface area (Å²) in [5.74, 6) is -0.699. The topological polar surface area (TPSA) is 97.1 Å². The molecule has 0 unspecified atom stereocenters. The number of hydrogen-bond acceptors (Lipinski definition) is 7. The fraction of sp³-hybridized carbons (Fsp3) is 0.308. The van der Waals surface area contributed by atoms with Crippen LogP contribution in [-0.2, 0) is 25.7 Å². The highest BCUT2D eigenvalue weighted by Crippen LogP contribution is 2.45. The molecule has 2 aromatic rings. The molecule has 2 N–H and O–H groups in total. The standard InChI is InChI=1S/C26H26FNO6/c1-3-32-21-13-15(11-12-19(21)33-14-16-7-4-5-8-17(16)27)22-23-18(29)9-6-10-20(23)34-25(28)24(22)26(30)31-2/h4-5,7-8,11-13,22H,3,6,9-10,14,28H2,1-2H3/t22-/m0/s1. The fourth-order valence-electron chi connectivity index (χ4n) is 4.26. The fourth-order valence-corrected chi connectivity index (χ4v) is 4.26. The number of hydrogen-bond donors (Lipinski definition) is 1. The molecule has 0 saturated heterocycles. The molecule has 0 saturated carbocycles. The Hall–Kier alpha value is -3.81. The Morgan fingerprint density at radius 3 is 2.68 bits per heavy atom. The molecule has 0 spiro atoms. The van der Waals surface area contributed by atoms with Gasteiger partial charge in [0.25, 0.3) is 0 Å². The molecule has 0 amide bonds. The Morgan fingerprint density at radius 1 is 1.15 bits per heavy atom. The van der Waals surface area contributed by atoms with Gasteiger partial charge < -0.3 is 24.7 Å². The molecule has 178 valence electrons. The van der Waals surface area contributed by atoms with E-state index in [-0.39, 0.29) is 29.7 Å². The molecule has 2 aromatic carbocycles. The van der Waals surface area contributed by atoms with E-state index in [4.69, 9.17) is 24.7 Å². The number of rotatable bonds is 7. The minimum Gasteiger partial charge on any atom is -0.490 e. The molecule has 1 heterocycles. The predicted molar refractivity (Wildman–Crippen MR) is 121 cm³/mol. The summed E-state index contributed by atoms with van der Waals surface area (Å²) in [5.41, 5.74) is 7.60. The van der Waals surface area contributed by atoms with E-state index in [2.05, 4.69) is 0 Å². The first-order valence-corrected chi connectivity index (χ1v) is 11.1. The highest BCUT2D eigenvalue weighted by molar-refractivity contribution is 6.03. The summed E-state index contributed by atoms with van der Waals surface area (Å²) in [6, 6.07) is 11.5. The van der Waals surface area contributed by atoms with Gasteiger partial charge in [-0.15, -0.1) is 0 Å². The number of nitrogens with two attached hydrogens (primary N) is 1. The molecule has 1 atom stereocenters. The Morgan fingerprint density at radius 2 is 1.94 bits per heavy atom. The molecule has 7 nitrogen and oxygen atoms in total. The molecule has 1 aliphatic carbocycles. The van der Waals surface area contributed by atoms with Gasteiger partial charge in [0.1, 0.15) is 23.8 Å². The lowest BCUT2D eigenvalue weighted by Crippen LogP contribution is -2.31. The van der Waals surface area contributed by atoms with Crippen molar-refractivity contribution < 1.29 is 32.9 Å². The monoisotopic (exact) mass is 467 g/mol. The highest BCUT2D eigenvalue weighted by Gasteiger charge is 2.41. The molecule has 0 bridgehead atoms. The van der Waals surface area contributed by atoms with Gasteiger partial charge in [0.05, 0.1) is 19.6 Å².